The predicted molar refractivity (Wildman–Crippen MR) is 58.5 cm³/mol. The first-order valence-corrected chi connectivity index (χ1v) is 5.35. The highest BCUT2D eigenvalue weighted by Crippen LogP contribution is 2.37. The van der Waals surface area contributed by atoms with Crippen molar-refractivity contribution in [2.75, 3.05) is 0 Å². The molecule has 0 aliphatic heterocycles. The van der Waals surface area contributed by atoms with Crippen LogP contribution in [0.3, 0.4) is 0 Å². The summed E-state index contributed by atoms with van der Waals surface area (Å²) in [7, 11) is 0. The number of hydrogen-bond acceptors (Lipinski definition) is 1. The van der Waals surface area contributed by atoms with Gasteiger partial charge >= 0.3 is 0 Å². The molecule has 2 unspecified atom stereocenters. The second kappa shape index (κ2) is 3.83. The fourth-order valence-corrected chi connectivity index (χ4v) is 2.31. The molecular weight excluding hydrogens is 158 g/mol. The van der Waals surface area contributed by atoms with Crippen molar-refractivity contribution >= 4 is 0 Å². The minimum absolute atomic E-state index is 0.00583. The zero-order valence-corrected chi connectivity index (χ0v) is 9.27. The van der Waals surface area contributed by atoms with E-state index >= 15 is 0 Å². The van der Waals surface area contributed by atoms with Crippen molar-refractivity contribution < 1.29 is 0 Å². The summed E-state index contributed by atoms with van der Waals surface area (Å²) in [5.41, 5.74) is 7.48. The van der Waals surface area contributed by atoms with Crippen molar-refractivity contribution in [3.63, 3.8) is 0 Å². The van der Waals surface area contributed by atoms with Gasteiger partial charge in [-0.25, -0.2) is 0 Å². The third-order valence-corrected chi connectivity index (χ3v) is 3.42. The van der Waals surface area contributed by atoms with Gasteiger partial charge in [0.2, 0.25) is 0 Å². The average molecular weight is 181 g/mol. The summed E-state index contributed by atoms with van der Waals surface area (Å²) in [6.45, 7) is 10.5. The molecule has 1 fully saturated rings. The Labute approximate surface area is 82.4 Å². The van der Waals surface area contributed by atoms with Gasteiger partial charge in [-0.3, -0.25) is 0 Å². The fraction of sp³-hybridized carbons (Fsp3) is 0.833. The summed E-state index contributed by atoms with van der Waals surface area (Å²) in [6.07, 6.45) is 5.19. The maximum Gasteiger partial charge on any atom is 0.0126 e. The third kappa shape index (κ3) is 2.84. The molecule has 1 aliphatic carbocycles. The van der Waals surface area contributed by atoms with Crippen LogP contribution in [0.5, 0.6) is 0 Å². The van der Waals surface area contributed by atoms with Crippen LogP contribution in [0.25, 0.3) is 0 Å². The molecule has 0 aromatic rings. The Kier molecular flexibility index (Phi) is 3.18. The lowest BCUT2D eigenvalue weighted by molar-refractivity contribution is 0.205. The van der Waals surface area contributed by atoms with Crippen LogP contribution in [0, 0.1) is 11.8 Å². The van der Waals surface area contributed by atoms with Crippen molar-refractivity contribution in [2.45, 2.75) is 52.0 Å². The predicted octanol–water partition coefficient (Wildman–Crippen LogP) is 3.11. The summed E-state index contributed by atoms with van der Waals surface area (Å²) < 4.78 is 0. The lowest BCUT2D eigenvalue weighted by Crippen LogP contribution is -2.43. The fourth-order valence-electron chi connectivity index (χ4n) is 2.31. The monoisotopic (exact) mass is 181 g/mol. The van der Waals surface area contributed by atoms with Crippen molar-refractivity contribution in [1.29, 1.82) is 0 Å². The largest absolute Gasteiger partial charge is 0.325 e. The van der Waals surface area contributed by atoms with Crippen molar-refractivity contribution in [3.8, 4) is 0 Å². The molecular formula is C12H23N. The van der Waals surface area contributed by atoms with Crippen LogP contribution < -0.4 is 5.73 Å². The Balaban J connectivity index is 2.57. The molecule has 0 radical (unpaired) electrons. The van der Waals surface area contributed by atoms with Crippen LogP contribution >= 0.6 is 0 Å². The summed E-state index contributed by atoms with van der Waals surface area (Å²) in [5, 5.41) is 0. The van der Waals surface area contributed by atoms with Crippen molar-refractivity contribution in [2.24, 2.45) is 17.6 Å². The van der Waals surface area contributed by atoms with Crippen LogP contribution in [0.4, 0.5) is 0 Å². The zero-order chi connectivity index (χ0) is 10.1. The van der Waals surface area contributed by atoms with Gasteiger partial charge in [0.15, 0.2) is 0 Å². The van der Waals surface area contributed by atoms with E-state index in [0.717, 1.165) is 5.92 Å². The number of nitrogens with two attached hydrogens (primary N) is 1. The molecule has 0 heterocycles. The van der Waals surface area contributed by atoms with E-state index in [0.29, 0.717) is 5.92 Å². The van der Waals surface area contributed by atoms with Crippen molar-refractivity contribution in [1.82, 2.24) is 0 Å². The summed E-state index contributed by atoms with van der Waals surface area (Å²) >= 11 is 0. The molecule has 2 atom stereocenters. The van der Waals surface area contributed by atoms with Crippen LogP contribution in [0.2, 0.25) is 0 Å². The van der Waals surface area contributed by atoms with E-state index in [1.165, 1.54) is 31.3 Å². The van der Waals surface area contributed by atoms with Gasteiger partial charge in [0.1, 0.15) is 0 Å². The van der Waals surface area contributed by atoms with Crippen LogP contribution in [0.1, 0.15) is 46.5 Å². The summed E-state index contributed by atoms with van der Waals surface area (Å²) in [4.78, 5) is 0. The smallest absolute Gasteiger partial charge is 0.0126 e. The van der Waals surface area contributed by atoms with Crippen LogP contribution in [0.15, 0.2) is 12.2 Å². The second-order valence-electron chi connectivity index (χ2n) is 5.23. The van der Waals surface area contributed by atoms with Crippen LogP contribution in [-0.4, -0.2) is 5.54 Å². The van der Waals surface area contributed by atoms with Gasteiger partial charge in [0.25, 0.3) is 0 Å². The molecule has 1 rings (SSSR count). The van der Waals surface area contributed by atoms with Gasteiger partial charge in [0, 0.05) is 5.54 Å². The third-order valence-electron chi connectivity index (χ3n) is 3.42. The zero-order valence-electron chi connectivity index (χ0n) is 9.27. The maximum atomic E-state index is 6.14. The van der Waals surface area contributed by atoms with E-state index in [-0.39, 0.29) is 5.54 Å². The lowest BCUT2D eigenvalue weighted by atomic mass is 9.71. The average Bonchev–Trinajstić information content (AvgIpc) is 2.03. The van der Waals surface area contributed by atoms with E-state index in [2.05, 4.69) is 27.4 Å². The first kappa shape index (κ1) is 10.8. The van der Waals surface area contributed by atoms with E-state index in [1.807, 2.05) is 0 Å². The second-order valence-corrected chi connectivity index (χ2v) is 5.23. The molecule has 1 aliphatic rings. The summed E-state index contributed by atoms with van der Waals surface area (Å²) in [5.74, 6) is 1.41. The molecule has 0 spiro atoms. The highest BCUT2D eigenvalue weighted by Gasteiger charge is 2.30. The molecule has 0 aromatic heterocycles. The van der Waals surface area contributed by atoms with Gasteiger partial charge in [-0.05, 0) is 51.9 Å². The van der Waals surface area contributed by atoms with Gasteiger partial charge < -0.3 is 5.73 Å². The molecule has 13 heavy (non-hydrogen) atoms. The standard InChI is InChI=1S/C12H23N/c1-9(2)10-6-5-7-11(8-10)12(3,4)13/h10-11H,1,5-8,13H2,2-4H3. The SMILES string of the molecule is C=C(C)C1CCCC(C(C)(C)N)C1. The molecule has 2 N–H and O–H groups in total. The molecule has 0 amide bonds. The number of rotatable bonds is 2. The minimum Gasteiger partial charge on any atom is -0.325 e. The Morgan fingerprint density at radius 3 is 2.46 bits per heavy atom. The van der Waals surface area contributed by atoms with E-state index < -0.39 is 0 Å². The van der Waals surface area contributed by atoms with E-state index in [9.17, 15) is 0 Å². The van der Waals surface area contributed by atoms with Gasteiger partial charge in [-0.2, -0.15) is 0 Å². The lowest BCUT2D eigenvalue weighted by Gasteiger charge is -2.37. The normalized spacial score (nSPS) is 30.2. The highest BCUT2D eigenvalue weighted by molar-refractivity contribution is 5.00. The Morgan fingerprint density at radius 1 is 1.38 bits per heavy atom. The quantitative estimate of drug-likeness (QED) is 0.651. The summed E-state index contributed by atoms with van der Waals surface area (Å²) in [6, 6.07) is 0. The molecule has 1 saturated carbocycles. The number of hydrogen-bond donors (Lipinski definition) is 1. The van der Waals surface area contributed by atoms with E-state index in [4.69, 9.17) is 5.73 Å². The highest BCUT2D eigenvalue weighted by atomic mass is 14.7. The number of allylic oxidation sites excluding steroid dienone is 1. The van der Waals surface area contributed by atoms with Crippen molar-refractivity contribution in [3.05, 3.63) is 12.2 Å². The Bertz CT molecular complexity index is 188. The van der Waals surface area contributed by atoms with E-state index in [1.54, 1.807) is 0 Å². The molecule has 1 heteroatoms. The first-order chi connectivity index (χ1) is 5.91. The molecule has 0 aromatic carbocycles. The van der Waals surface area contributed by atoms with Gasteiger partial charge in [-0.1, -0.05) is 18.6 Å². The van der Waals surface area contributed by atoms with Crippen LogP contribution in [-0.2, 0) is 0 Å². The maximum absolute atomic E-state index is 6.14. The van der Waals surface area contributed by atoms with Gasteiger partial charge in [-0.15, -0.1) is 0 Å². The molecule has 0 bridgehead atoms. The topological polar surface area (TPSA) is 26.0 Å². The first-order valence-electron chi connectivity index (χ1n) is 5.35. The molecule has 0 saturated heterocycles. The van der Waals surface area contributed by atoms with Gasteiger partial charge in [0.05, 0.1) is 0 Å². The molecule has 76 valence electrons. The minimum atomic E-state index is -0.00583. The Hall–Kier alpha value is -0.300. The Morgan fingerprint density at radius 2 is 2.00 bits per heavy atom. The molecule has 1 nitrogen and oxygen atoms in total.